The Morgan fingerprint density at radius 3 is 2.78 bits per heavy atom. The molecule has 2 aromatic rings. The third-order valence-corrected chi connectivity index (χ3v) is 3.75. The molecule has 1 aromatic carbocycles. The highest BCUT2D eigenvalue weighted by atomic mass is 79.9. The average molecular weight is 310 g/mol. The van der Waals surface area contributed by atoms with Gasteiger partial charge < -0.3 is 9.26 Å². The van der Waals surface area contributed by atoms with Crippen LogP contribution >= 0.6 is 15.9 Å². The number of hydrogen-bond acceptors (Lipinski definition) is 4. The Balaban J connectivity index is 2.65. The molecule has 1 aromatic heterocycles. The van der Waals surface area contributed by atoms with E-state index in [9.17, 15) is 4.79 Å². The van der Waals surface area contributed by atoms with E-state index in [0.717, 1.165) is 15.6 Å². The van der Waals surface area contributed by atoms with Gasteiger partial charge in [0, 0.05) is 10.0 Å². The third kappa shape index (κ3) is 2.06. The Morgan fingerprint density at radius 1 is 1.39 bits per heavy atom. The van der Waals surface area contributed by atoms with E-state index in [1.165, 1.54) is 7.11 Å². The Labute approximate surface area is 113 Å². The van der Waals surface area contributed by atoms with Gasteiger partial charge in [0.1, 0.15) is 17.0 Å². The van der Waals surface area contributed by atoms with E-state index in [0.29, 0.717) is 17.0 Å². The fraction of sp³-hybridized carbons (Fsp3) is 0.231. The van der Waals surface area contributed by atoms with E-state index >= 15 is 0 Å². The highest BCUT2D eigenvalue weighted by Gasteiger charge is 2.23. The zero-order chi connectivity index (χ0) is 13.3. The van der Waals surface area contributed by atoms with Crippen LogP contribution in [0.5, 0.6) is 0 Å². The van der Waals surface area contributed by atoms with Gasteiger partial charge in [-0.15, -0.1) is 0 Å². The van der Waals surface area contributed by atoms with Crippen molar-refractivity contribution in [2.75, 3.05) is 7.11 Å². The smallest absolute Gasteiger partial charge is 0.343 e. The maximum Gasteiger partial charge on any atom is 0.343 e. The van der Waals surface area contributed by atoms with E-state index in [1.807, 2.05) is 25.1 Å². The monoisotopic (exact) mass is 309 g/mol. The maximum atomic E-state index is 11.7. The Bertz CT molecular complexity index is 604. The molecule has 2 rings (SSSR count). The fourth-order valence-electron chi connectivity index (χ4n) is 1.73. The van der Waals surface area contributed by atoms with Gasteiger partial charge in [-0.2, -0.15) is 0 Å². The normalized spacial score (nSPS) is 10.4. The van der Waals surface area contributed by atoms with Crippen LogP contribution in [0, 0.1) is 13.8 Å². The molecule has 0 bridgehead atoms. The summed E-state index contributed by atoms with van der Waals surface area (Å²) in [6.45, 7) is 3.66. The molecule has 0 aliphatic heterocycles. The number of carbonyl (C=O) groups excluding carboxylic acids is 1. The molecule has 0 N–H and O–H groups in total. The molecule has 0 saturated carbocycles. The van der Waals surface area contributed by atoms with Gasteiger partial charge in [0.15, 0.2) is 0 Å². The standard InChI is InChI=1S/C13H12BrNO3/c1-7-5-4-6-9(11(7)14)12-10(13(16)17-3)8(2)18-15-12/h4-6H,1-3H3. The van der Waals surface area contributed by atoms with Crippen molar-refractivity contribution in [3.63, 3.8) is 0 Å². The molecule has 0 spiro atoms. The molecule has 0 radical (unpaired) electrons. The number of nitrogens with zero attached hydrogens (tertiary/aromatic N) is 1. The summed E-state index contributed by atoms with van der Waals surface area (Å²) in [6.07, 6.45) is 0. The molecule has 0 fully saturated rings. The summed E-state index contributed by atoms with van der Waals surface area (Å²) in [5.41, 5.74) is 2.73. The second-order valence-corrected chi connectivity index (χ2v) is 4.68. The first-order valence-electron chi connectivity index (χ1n) is 5.36. The zero-order valence-electron chi connectivity index (χ0n) is 10.3. The lowest BCUT2D eigenvalue weighted by atomic mass is 10.0. The first kappa shape index (κ1) is 12.8. The molecule has 4 nitrogen and oxygen atoms in total. The molecular weight excluding hydrogens is 298 g/mol. The largest absolute Gasteiger partial charge is 0.465 e. The zero-order valence-corrected chi connectivity index (χ0v) is 11.9. The summed E-state index contributed by atoms with van der Waals surface area (Å²) in [5.74, 6) is 0.00223. The number of halogens is 1. The van der Waals surface area contributed by atoms with Crippen molar-refractivity contribution in [2.45, 2.75) is 13.8 Å². The number of aryl methyl sites for hydroxylation is 2. The molecule has 94 valence electrons. The fourth-order valence-corrected chi connectivity index (χ4v) is 2.18. The second kappa shape index (κ2) is 4.94. The van der Waals surface area contributed by atoms with Gasteiger partial charge >= 0.3 is 5.97 Å². The Hall–Kier alpha value is -1.62. The lowest BCUT2D eigenvalue weighted by Gasteiger charge is -2.05. The van der Waals surface area contributed by atoms with Gasteiger partial charge in [0.25, 0.3) is 0 Å². The molecule has 0 amide bonds. The summed E-state index contributed by atoms with van der Waals surface area (Å²) < 4.78 is 10.7. The van der Waals surface area contributed by atoms with Crippen LogP contribution in [0.2, 0.25) is 0 Å². The first-order valence-corrected chi connectivity index (χ1v) is 6.15. The van der Waals surface area contributed by atoms with Crippen molar-refractivity contribution < 1.29 is 14.1 Å². The minimum Gasteiger partial charge on any atom is -0.465 e. The number of carbonyl (C=O) groups is 1. The van der Waals surface area contributed by atoms with E-state index in [-0.39, 0.29) is 0 Å². The van der Waals surface area contributed by atoms with Gasteiger partial charge in [-0.25, -0.2) is 4.79 Å². The summed E-state index contributed by atoms with van der Waals surface area (Å²) in [7, 11) is 1.34. The summed E-state index contributed by atoms with van der Waals surface area (Å²) >= 11 is 3.50. The summed E-state index contributed by atoms with van der Waals surface area (Å²) in [4.78, 5) is 11.7. The second-order valence-electron chi connectivity index (χ2n) is 3.89. The molecule has 1 heterocycles. The predicted octanol–water partition coefficient (Wildman–Crippen LogP) is 3.51. The van der Waals surface area contributed by atoms with Crippen LogP contribution in [0.25, 0.3) is 11.3 Å². The summed E-state index contributed by atoms with van der Waals surface area (Å²) in [5, 5.41) is 3.95. The van der Waals surface area contributed by atoms with Crippen LogP contribution < -0.4 is 0 Å². The molecule has 0 aliphatic carbocycles. The predicted molar refractivity (Wildman–Crippen MR) is 70.5 cm³/mol. The third-order valence-electron chi connectivity index (χ3n) is 2.70. The molecule has 18 heavy (non-hydrogen) atoms. The van der Waals surface area contributed by atoms with Crippen LogP contribution in [0.4, 0.5) is 0 Å². The van der Waals surface area contributed by atoms with Crippen LogP contribution in [0.15, 0.2) is 27.2 Å². The van der Waals surface area contributed by atoms with Crippen LogP contribution in [-0.4, -0.2) is 18.2 Å². The van der Waals surface area contributed by atoms with Gasteiger partial charge in [0.05, 0.1) is 7.11 Å². The van der Waals surface area contributed by atoms with Crippen LogP contribution in [0.1, 0.15) is 21.7 Å². The first-order chi connectivity index (χ1) is 8.56. The number of aromatic nitrogens is 1. The van der Waals surface area contributed by atoms with E-state index in [1.54, 1.807) is 6.92 Å². The lowest BCUT2D eigenvalue weighted by Crippen LogP contribution is -2.03. The highest BCUT2D eigenvalue weighted by molar-refractivity contribution is 9.10. The number of ether oxygens (including phenoxy) is 1. The van der Waals surface area contributed by atoms with Gasteiger partial charge in [-0.05, 0) is 35.3 Å². The summed E-state index contributed by atoms with van der Waals surface area (Å²) in [6, 6.07) is 5.75. The molecule has 0 atom stereocenters. The van der Waals surface area contributed by atoms with E-state index < -0.39 is 5.97 Å². The Morgan fingerprint density at radius 2 is 2.11 bits per heavy atom. The van der Waals surface area contributed by atoms with Crippen molar-refractivity contribution in [1.29, 1.82) is 0 Å². The average Bonchev–Trinajstić information content (AvgIpc) is 2.73. The van der Waals surface area contributed by atoms with E-state index in [4.69, 9.17) is 9.26 Å². The minimum absolute atomic E-state index is 0.365. The van der Waals surface area contributed by atoms with E-state index in [2.05, 4.69) is 21.1 Å². The number of rotatable bonds is 2. The van der Waals surface area contributed by atoms with Crippen molar-refractivity contribution in [1.82, 2.24) is 5.16 Å². The van der Waals surface area contributed by atoms with Crippen LogP contribution in [0.3, 0.4) is 0 Å². The number of benzene rings is 1. The number of methoxy groups -OCH3 is 1. The van der Waals surface area contributed by atoms with Crippen molar-refractivity contribution in [3.05, 3.63) is 39.6 Å². The molecule has 0 saturated heterocycles. The van der Waals surface area contributed by atoms with Crippen LogP contribution in [-0.2, 0) is 4.74 Å². The maximum absolute atomic E-state index is 11.7. The molecule has 0 aliphatic rings. The van der Waals surface area contributed by atoms with Crippen molar-refractivity contribution in [3.8, 4) is 11.3 Å². The number of esters is 1. The quantitative estimate of drug-likeness (QED) is 0.797. The highest BCUT2D eigenvalue weighted by Crippen LogP contribution is 2.33. The minimum atomic E-state index is -0.447. The van der Waals surface area contributed by atoms with Gasteiger partial charge in [-0.3, -0.25) is 0 Å². The molecule has 5 heteroatoms. The number of hydrogen-bond donors (Lipinski definition) is 0. The topological polar surface area (TPSA) is 52.3 Å². The Kier molecular flexibility index (Phi) is 3.52. The lowest BCUT2D eigenvalue weighted by molar-refractivity contribution is 0.0599. The van der Waals surface area contributed by atoms with Crippen molar-refractivity contribution >= 4 is 21.9 Å². The van der Waals surface area contributed by atoms with Gasteiger partial charge in [-0.1, -0.05) is 23.4 Å². The molecule has 0 unspecified atom stereocenters. The van der Waals surface area contributed by atoms with Crippen molar-refractivity contribution in [2.24, 2.45) is 0 Å². The van der Waals surface area contributed by atoms with Gasteiger partial charge in [0.2, 0.25) is 0 Å². The SMILES string of the molecule is COC(=O)c1c(-c2cccc(C)c2Br)noc1C. The molecular formula is C13H12BrNO3.